The lowest BCUT2D eigenvalue weighted by atomic mass is 10.1. The Morgan fingerprint density at radius 1 is 0.305 bits per heavy atom. The van der Waals surface area contributed by atoms with Gasteiger partial charge in [-0.1, -0.05) is 229 Å². The molecule has 6 aromatic carbocycles. The Hall–Kier alpha value is -7.77. The maximum absolute atomic E-state index is 2.36. The number of para-hydroxylation sites is 6. The normalized spacial score (nSPS) is 9.43. The highest BCUT2D eigenvalue weighted by atomic mass is 15.3. The Labute approximate surface area is 498 Å². The van der Waals surface area contributed by atoms with Crippen molar-refractivity contribution in [1.29, 1.82) is 0 Å². The molecule has 0 radical (unpaired) electrons. The standard InChI is InChI=1S/2C19H17N2.C18H18N3.9C2H6.CH4/c1-14-8-3-5-11-17(14)21-18-12-6-4-9-15(18)16-10-7-13-20(2)19(16)21;1-14-8-7-10-16-15-9-3-4-11-17(15)21(19(14)16)18-12-5-6-13-20(18)2;1-13-7-6-9-15-14-8-4-5-10-16(14)21(17(13)15)18-19(2)11-12-20(18)3;9*1-2;/h2*3-13H,1-2H3;4-12H,1-3H3;9*1-2H3;1H4/q3*+1;;;;;;;;;;. The van der Waals surface area contributed by atoms with Gasteiger partial charge in [0.2, 0.25) is 0 Å². The summed E-state index contributed by atoms with van der Waals surface area (Å²) in [4.78, 5) is 0. The van der Waals surface area contributed by atoms with Crippen LogP contribution in [0.15, 0.2) is 189 Å². The van der Waals surface area contributed by atoms with Crippen molar-refractivity contribution in [2.75, 3.05) is 0 Å². The summed E-state index contributed by atoms with van der Waals surface area (Å²) in [5.74, 6) is 2.34. The van der Waals surface area contributed by atoms with Gasteiger partial charge >= 0.3 is 5.95 Å². The van der Waals surface area contributed by atoms with Crippen molar-refractivity contribution in [3.63, 3.8) is 0 Å². The Bertz CT molecular complexity index is 3490. The average Bonchev–Trinajstić information content (AvgIpc) is 4.32. The van der Waals surface area contributed by atoms with Gasteiger partial charge in [0, 0.05) is 33.0 Å². The van der Waals surface area contributed by atoms with Gasteiger partial charge in [-0.05, 0) is 98.1 Å². The van der Waals surface area contributed by atoms with Gasteiger partial charge in [-0.15, -0.1) is 0 Å². The topological polar surface area (TPSA) is 31.4 Å². The van der Waals surface area contributed by atoms with Crippen molar-refractivity contribution in [2.45, 2.75) is 153 Å². The lowest BCUT2D eigenvalue weighted by Crippen LogP contribution is -2.33. The molecule has 0 bridgehead atoms. The molecule has 0 N–H and O–H groups in total. The largest absolute Gasteiger partial charge is 0.369 e. The van der Waals surface area contributed by atoms with Crippen molar-refractivity contribution in [2.24, 2.45) is 28.2 Å². The van der Waals surface area contributed by atoms with E-state index in [9.17, 15) is 0 Å². The van der Waals surface area contributed by atoms with Crippen LogP contribution in [0.5, 0.6) is 0 Å². The molecule has 7 heteroatoms. The molecule has 0 atom stereocenters. The fourth-order valence-corrected chi connectivity index (χ4v) is 9.63. The monoisotopic (exact) mass is 1110 g/mol. The van der Waals surface area contributed by atoms with Gasteiger partial charge in [0.1, 0.15) is 33.3 Å². The molecule has 6 heterocycles. The number of rotatable bonds is 3. The van der Waals surface area contributed by atoms with E-state index in [1.165, 1.54) is 93.7 Å². The van der Waals surface area contributed by atoms with Gasteiger partial charge in [-0.3, -0.25) is 0 Å². The van der Waals surface area contributed by atoms with Gasteiger partial charge in [0.15, 0.2) is 0 Å². The van der Waals surface area contributed by atoms with E-state index in [1.54, 1.807) is 0 Å². The molecule has 0 fully saturated rings. The number of imidazole rings is 1. The minimum Gasteiger partial charge on any atom is -0.237 e. The smallest absolute Gasteiger partial charge is 0.237 e. The Morgan fingerprint density at radius 2 is 0.671 bits per heavy atom. The van der Waals surface area contributed by atoms with Crippen LogP contribution in [-0.4, -0.2) is 18.3 Å². The SMILES string of the molecule is C.CC.CC.CC.CC.CC.CC.CC.CC.CC.Cc1cccc2c3ccccc3n(-c3cccc[n+]3C)c12.Cc1cccc2c3ccccc3n(-c3n(C)cc[n+]3C)c12.Cc1ccccc1-n1c2ccccc2c2ccc[n+](C)c21. The van der Waals surface area contributed by atoms with Crippen LogP contribution in [0.3, 0.4) is 0 Å². The second-order valence-corrected chi connectivity index (χ2v) is 16.6. The third-order valence-corrected chi connectivity index (χ3v) is 12.5. The fraction of sp³-hybridized carbons (Fsp3) is 0.347. The zero-order valence-corrected chi connectivity index (χ0v) is 55.0. The van der Waals surface area contributed by atoms with E-state index >= 15 is 0 Å². The summed E-state index contributed by atoms with van der Waals surface area (Å²) in [6, 6.07) is 58.1. The van der Waals surface area contributed by atoms with Crippen molar-refractivity contribution in [3.05, 3.63) is 205 Å². The number of fused-ring (bicyclic) bond motifs is 9. The number of pyridine rings is 2. The summed E-state index contributed by atoms with van der Waals surface area (Å²) in [5, 5.41) is 7.82. The molecule has 0 aliphatic carbocycles. The van der Waals surface area contributed by atoms with Crippen LogP contribution in [0.4, 0.5) is 0 Å². The summed E-state index contributed by atoms with van der Waals surface area (Å²) in [6.45, 7) is 42.5. The third-order valence-electron chi connectivity index (χ3n) is 12.5. The first-order chi connectivity index (χ1) is 39.7. The van der Waals surface area contributed by atoms with Crippen molar-refractivity contribution >= 4 is 65.5 Å². The third kappa shape index (κ3) is 16.2. The highest BCUT2D eigenvalue weighted by molar-refractivity contribution is 6.11. The average molecular weight is 1110 g/mol. The van der Waals surface area contributed by atoms with E-state index in [-0.39, 0.29) is 7.43 Å². The van der Waals surface area contributed by atoms with Crippen LogP contribution in [0.25, 0.3) is 83.0 Å². The van der Waals surface area contributed by atoms with Crippen LogP contribution in [-0.2, 0) is 28.2 Å². The number of nitrogens with zero attached hydrogens (tertiary/aromatic N) is 7. The molecule has 0 amide bonds. The maximum atomic E-state index is 2.36. The van der Waals surface area contributed by atoms with Gasteiger partial charge in [-0.25, -0.2) is 18.3 Å². The minimum absolute atomic E-state index is 0. The highest BCUT2D eigenvalue weighted by Crippen LogP contribution is 2.35. The molecule has 6 aromatic heterocycles. The van der Waals surface area contributed by atoms with Gasteiger partial charge in [-0.2, -0.15) is 13.7 Å². The molecular formula is C75H110N7+3. The second-order valence-electron chi connectivity index (χ2n) is 16.6. The van der Waals surface area contributed by atoms with E-state index in [0.717, 1.165) is 5.95 Å². The molecule has 0 aliphatic rings. The number of aromatic nitrogens is 7. The van der Waals surface area contributed by atoms with Crippen LogP contribution in [0.1, 0.15) is 149 Å². The van der Waals surface area contributed by atoms with Gasteiger partial charge in [0.25, 0.3) is 11.5 Å². The first kappa shape index (κ1) is 74.2. The van der Waals surface area contributed by atoms with Gasteiger partial charge < -0.3 is 0 Å². The quantitative estimate of drug-likeness (QED) is 0.158. The lowest BCUT2D eigenvalue weighted by molar-refractivity contribution is -0.665. The molecular weight excluding hydrogens is 999 g/mol. The Kier molecular flexibility index (Phi) is 35.8. The van der Waals surface area contributed by atoms with E-state index in [0.29, 0.717) is 0 Å². The Balaban J connectivity index is 0.00000105. The number of benzene rings is 6. The van der Waals surface area contributed by atoms with Gasteiger partial charge in [0.05, 0.1) is 58.4 Å². The summed E-state index contributed by atoms with van der Waals surface area (Å²) in [7, 11) is 8.38. The first-order valence-electron chi connectivity index (χ1n) is 30.6. The predicted molar refractivity (Wildman–Crippen MR) is 368 cm³/mol. The van der Waals surface area contributed by atoms with Crippen LogP contribution in [0, 0.1) is 20.8 Å². The minimum atomic E-state index is 0. The molecule has 0 saturated carbocycles. The first-order valence-corrected chi connectivity index (χ1v) is 30.6. The predicted octanol–water partition coefficient (Wildman–Crippen LogP) is 21.0. The summed E-state index contributed by atoms with van der Waals surface area (Å²) < 4.78 is 15.8. The zero-order valence-electron chi connectivity index (χ0n) is 55.0. The molecule has 12 rings (SSSR count). The number of aryl methyl sites for hydroxylation is 7. The molecule has 0 spiro atoms. The summed E-state index contributed by atoms with van der Waals surface area (Å²) >= 11 is 0. The van der Waals surface area contributed by atoms with Crippen LogP contribution < -0.4 is 13.7 Å². The maximum Gasteiger partial charge on any atom is 0.369 e. The Morgan fingerprint density at radius 3 is 1.13 bits per heavy atom. The van der Waals surface area contributed by atoms with E-state index in [1.807, 2.05) is 125 Å². The number of hydrogen-bond acceptors (Lipinski definition) is 0. The molecule has 0 saturated heterocycles. The molecule has 82 heavy (non-hydrogen) atoms. The molecule has 0 aliphatic heterocycles. The fourth-order valence-electron chi connectivity index (χ4n) is 9.63. The lowest BCUT2D eigenvalue weighted by Gasteiger charge is -2.04. The molecule has 12 aromatic rings. The molecule has 0 unspecified atom stereocenters. The van der Waals surface area contributed by atoms with E-state index < -0.39 is 0 Å². The van der Waals surface area contributed by atoms with Crippen molar-refractivity contribution < 1.29 is 13.7 Å². The summed E-state index contributed by atoms with van der Waals surface area (Å²) in [5.41, 5.74) is 12.7. The number of hydrogen-bond donors (Lipinski definition) is 0. The van der Waals surface area contributed by atoms with Crippen molar-refractivity contribution in [1.82, 2.24) is 18.3 Å². The van der Waals surface area contributed by atoms with E-state index in [4.69, 9.17) is 0 Å². The van der Waals surface area contributed by atoms with Crippen LogP contribution >= 0.6 is 0 Å². The second kappa shape index (κ2) is 39.6. The van der Waals surface area contributed by atoms with Crippen LogP contribution in [0.2, 0.25) is 0 Å². The molecule has 7 nitrogen and oxygen atoms in total. The van der Waals surface area contributed by atoms with Crippen molar-refractivity contribution in [3.8, 4) is 17.5 Å². The molecule has 442 valence electrons. The highest BCUT2D eigenvalue weighted by Gasteiger charge is 2.25. The zero-order chi connectivity index (χ0) is 61.4. The van der Waals surface area contributed by atoms with E-state index in [2.05, 4.69) is 270 Å². The summed E-state index contributed by atoms with van der Waals surface area (Å²) in [6.07, 6.45) is 8.38.